The molecule has 0 aliphatic heterocycles. The maximum absolute atomic E-state index is 13.7. The van der Waals surface area contributed by atoms with Crippen LogP contribution < -0.4 is 4.74 Å². The first-order valence-corrected chi connectivity index (χ1v) is 6.96. The van der Waals surface area contributed by atoms with Gasteiger partial charge in [0.05, 0.1) is 12.7 Å². The fourth-order valence-corrected chi connectivity index (χ4v) is 2.45. The van der Waals surface area contributed by atoms with Crippen LogP contribution in [0.1, 0.15) is 29.2 Å². The average Bonchev–Trinajstić information content (AvgIpc) is 2.41. The highest BCUT2D eigenvalue weighted by Crippen LogP contribution is 2.31. The molecule has 0 aliphatic carbocycles. The Bertz CT molecular complexity index is 648. The molecule has 0 spiro atoms. The van der Waals surface area contributed by atoms with Crippen LogP contribution in [0.3, 0.4) is 0 Å². The van der Waals surface area contributed by atoms with Crippen molar-refractivity contribution < 1.29 is 14.2 Å². The summed E-state index contributed by atoms with van der Waals surface area (Å²) in [5, 5.41) is 10.7. The Balaban J connectivity index is 2.36. The number of ether oxygens (including phenoxy) is 1. The van der Waals surface area contributed by atoms with E-state index in [0.29, 0.717) is 17.5 Å². The predicted octanol–water partition coefficient (Wildman–Crippen LogP) is 3.90. The van der Waals surface area contributed by atoms with Crippen LogP contribution in [-0.4, -0.2) is 12.2 Å². The third-order valence-electron chi connectivity index (χ3n) is 3.76. The fraction of sp³-hybridized carbons (Fsp3) is 0.333. The molecule has 0 saturated carbocycles. The Morgan fingerprint density at radius 3 is 2.48 bits per heavy atom. The van der Waals surface area contributed by atoms with Crippen molar-refractivity contribution in [2.45, 2.75) is 32.8 Å². The van der Waals surface area contributed by atoms with Crippen LogP contribution in [0, 0.1) is 19.7 Å². The van der Waals surface area contributed by atoms with Gasteiger partial charge in [0, 0.05) is 6.42 Å². The summed E-state index contributed by atoms with van der Waals surface area (Å²) in [6.07, 6.45) is 0.361. The monoisotopic (exact) mass is 288 g/mol. The fourth-order valence-electron chi connectivity index (χ4n) is 2.45. The topological polar surface area (TPSA) is 29.5 Å². The molecule has 2 rings (SSSR count). The highest BCUT2D eigenvalue weighted by molar-refractivity contribution is 5.39. The zero-order valence-electron chi connectivity index (χ0n) is 12.9. The van der Waals surface area contributed by atoms with Gasteiger partial charge >= 0.3 is 0 Å². The molecule has 112 valence electrons. The molecule has 0 heterocycles. The standard InChI is InChI=1S/C18H21FO2/c1-12-5-8-17(21-4)14(9-12)11-18(3,20)15-7-6-13(2)16(19)10-15/h5-10,20H,11H2,1-4H3. The first-order chi connectivity index (χ1) is 9.83. The molecule has 1 atom stereocenters. The second kappa shape index (κ2) is 5.86. The Kier molecular flexibility index (Phi) is 4.33. The summed E-state index contributed by atoms with van der Waals surface area (Å²) in [5.74, 6) is 0.428. The van der Waals surface area contributed by atoms with Gasteiger partial charge in [0.15, 0.2) is 0 Å². The van der Waals surface area contributed by atoms with Crippen molar-refractivity contribution in [1.29, 1.82) is 0 Å². The highest BCUT2D eigenvalue weighted by atomic mass is 19.1. The molecular weight excluding hydrogens is 267 g/mol. The van der Waals surface area contributed by atoms with E-state index in [2.05, 4.69) is 0 Å². The minimum absolute atomic E-state index is 0.302. The van der Waals surface area contributed by atoms with E-state index in [1.54, 1.807) is 33.1 Å². The molecule has 2 aromatic rings. The number of hydrogen-bond donors (Lipinski definition) is 1. The summed E-state index contributed by atoms with van der Waals surface area (Å²) < 4.78 is 19.1. The van der Waals surface area contributed by atoms with Crippen LogP contribution in [0.4, 0.5) is 4.39 Å². The van der Waals surface area contributed by atoms with E-state index in [0.717, 1.165) is 16.9 Å². The molecule has 0 aliphatic rings. The number of aliphatic hydroxyl groups is 1. The molecule has 0 radical (unpaired) electrons. The number of benzene rings is 2. The minimum Gasteiger partial charge on any atom is -0.496 e. The van der Waals surface area contributed by atoms with Crippen molar-refractivity contribution in [2.24, 2.45) is 0 Å². The van der Waals surface area contributed by atoms with Crippen LogP contribution in [0.5, 0.6) is 5.75 Å². The molecule has 1 unspecified atom stereocenters. The van der Waals surface area contributed by atoms with Crippen molar-refractivity contribution in [3.63, 3.8) is 0 Å². The summed E-state index contributed by atoms with van der Waals surface area (Å²) in [6, 6.07) is 10.7. The Labute approximate surface area is 125 Å². The van der Waals surface area contributed by atoms with Crippen molar-refractivity contribution in [3.05, 3.63) is 64.5 Å². The van der Waals surface area contributed by atoms with Crippen LogP contribution in [0.15, 0.2) is 36.4 Å². The number of aryl methyl sites for hydroxylation is 2. The Morgan fingerprint density at radius 2 is 1.86 bits per heavy atom. The van der Waals surface area contributed by atoms with Crippen LogP contribution >= 0.6 is 0 Å². The van der Waals surface area contributed by atoms with E-state index < -0.39 is 5.60 Å². The number of rotatable bonds is 4. The summed E-state index contributed by atoms with van der Waals surface area (Å²) in [6.45, 7) is 5.39. The lowest BCUT2D eigenvalue weighted by atomic mass is 9.87. The molecule has 3 heteroatoms. The summed E-state index contributed by atoms with van der Waals surface area (Å²) in [5.41, 5.74) is 1.98. The minimum atomic E-state index is -1.16. The van der Waals surface area contributed by atoms with Crippen molar-refractivity contribution >= 4 is 0 Å². The zero-order valence-corrected chi connectivity index (χ0v) is 12.9. The van der Waals surface area contributed by atoms with Gasteiger partial charge in [0.25, 0.3) is 0 Å². The second-order valence-electron chi connectivity index (χ2n) is 5.73. The predicted molar refractivity (Wildman–Crippen MR) is 82.1 cm³/mol. The smallest absolute Gasteiger partial charge is 0.126 e. The molecular formula is C18H21FO2. The van der Waals surface area contributed by atoms with Gasteiger partial charge in [-0.15, -0.1) is 0 Å². The SMILES string of the molecule is COc1ccc(C)cc1CC(C)(O)c1ccc(C)c(F)c1. The Hall–Kier alpha value is -1.87. The molecule has 21 heavy (non-hydrogen) atoms. The van der Waals surface area contributed by atoms with Crippen molar-refractivity contribution in [2.75, 3.05) is 7.11 Å². The van der Waals surface area contributed by atoms with E-state index in [4.69, 9.17) is 4.74 Å². The lowest BCUT2D eigenvalue weighted by Crippen LogP contribution is -2.25. The number of hydrogen-bond acceptors (Lipinski definition) is 2. The van der Waals surface area contributed by atoms with E-state index >= 15 is 0 Å². The molecule has 0 saturated heterocycles. The van der Waals surface area contributed by atoms with E-state index in [9.17, 15) is 9.50 Å². The first kappa shape index (κ1) is 15.5. The maximum atomic E-state index is 13.7. The average molecular weight is 288 g/mol. The van der Waals surface area contributed by atoms with Crippen LogP contribution in [0.25, 0.3) is 0 Å². The lowest BCUT2D eigenvalue weighted by Gasteiger charge is -2.25. The van der Waals surface area contributed by atoms with E-state index in [1.165, 1.54) is 6.07 Å². The largest absolute Gasteiger partial charge is 0.496 e. The molecule has 2 aromatic carbocycles. The third kappa shape index (κ3) is 3.42. The van der Waals surface area contributed by atoms with Gasteiger partial charge in [-0.25, -0.2) is 4.39 Å². The lowest BCUT2D eigenvalue weighted by molar-refractivity contribution is 0.0566. The van der Waals surface area contributed by atoms with Crippen molar-refractivity contribution in [3.8, 4) is 5.75 Å². The van der Waals surface area contributed by atoms with Gasteiger partial charge in [0.2, 0.25) is 0 Å². The maximum Gasteiger partial charge on any atom is 0.126 e. The molecule has 0 bridgehead atoms. The molecule has 1 N–H and O–H groups in total. The van der Waals surface area contributed by atoms with Gasteiger partial charge in [-0.2, -0.15) is 0 Å². The quantitative estimate of drug-likeness (QED) is 0.924. The summed E-state index contributed by atoms with van der Waals surface area (Å²) in [7, 11) is 1.61. The molecule has 2 nitrogen and oxygen atoms in total. The molecule has 0 fully saturated rings. The summed E-state index contributed by atoms with van der Waals surface area (Å²) >= 11 is 0. The molecule has 0 aromatic heterocycles. The normalized spacial score (nSPS) is 13.8. The Morgan fingerprint density at radius 1 is 1.14 bits per heavy atom. The van der Waals surface area contributed by atoms with Crippen LogP contribution in [-0.2, 0) is 12.0 Å². The van der Waals surface area contributed by atoms with E-state index in [1.807, 2.05) is 25.1 Å². The third-order valence-corrected chi connectivity index (χ3v) is 3.76. The van der Waals surface area contributed by atoms with Gasteiger partial charge in [0.1, 0.15) is 11.6 Å². The van der Waals surface area contributed by atoms with Crippen LogP contribution in [0.2, 0.25) is 0 Å². The molecule has 0 amide bonds. The van der Waals surface area contributed by atoms with Gasteiger partial charge in [-0.3, -0.25) is 0 Å². The summed E-state index contributed by atoms with van der Waals surface area (Å²) in [4.78, 5) is 0. The number of halogens is 1. The second-order valence-corrected chi connectivity index (χ2v) is 5.73. The van der Waals surface area contributed by atoms with Gasteiger partial charge < -0.3 is 9.84 Å². The van der Waals surface area contributed by atoms with Gasteiger partial charge in [-0.05, 0) is 49.6 Å². The van der Waals surface area contributed by atoms with E-state index in [-0.39, 0.29) is 5.82 Å². The first-order valence-electron chi connectivity index (χ1n) is 6.96. The van der Waals surface area contributed by atoms with Gasteiger partial charge in [-0.1, -0.05) is 29.8 Å². The zero-order chi connectivity index (χ0) is 15.6. The highest BCUT2D eigenvalue weighted by Gasteiger charge is 2.26. The number of methoxy groups -OCH3 is 1. The van der Waals surface area contributed by atoms with Crippen molar-refractivity contribution in [1.82, 2.24) is 0 Å².